The predicted molar refractivity (Wildman–Crippen MR) is 84.4 cm³/mol. The number of amides is 1. The lowest BCUT2D eigenvalue weighted by atomic mass is 9.72. The molecule has 1 amide bonds. The van der Waals surface area contributed by atoms with Gasteiger partial charge in [0.15, 0.2) is 5.83 Å². The van der Waals surface area contributed by atoms with Gasteiger partial charge < -0.3 is 15.8 Å². The maximum atomic E-state index is 14.1. The summed E-state index contributed by atoms with van der Waals surface area (Å²) in [6.07, 6.45) is 2.10. The molecular formula is C17H22F3N3O2. The van der Waals surface area contributed by atoms with Crippen LogP contribution in [0.3, 0.4) is 0 Å². The summed E-state index contributed by atoms with van der Waals surface area (Å²) in [6, 6.07) is -0.0136. The number of nitrogens with zero attached hydrogens (tertiary/aromatic N) is 1. The van der Waals surface area contributed by atoms with E-state index in [0.29, 0.717) is 25.5 Å². The van der Waals surface area contributed by atoms with E-state index in [1.54, 1.807) is 0 Å². The van der Waals surface area contributed by atoms with Crippen LogP contribution in [0.2, 0.25) is 0 Å². The first-order valence-electron chi connectivity index (χ1n) is 8.80. The molecule has 2 unspecified atom stereocenters. The summed E-state index contributed by atoms with van der Waals surface area (Å²) in [5.74, 6) is -3.47. The van der Waals surface area contributed by atoms with Crippen LogP contribution in [0, 0.1) is 11.8 Å². The Morgan fingerprint density at radius 1 is 1.24 bits per heavy atom. The number of hydrogen-bond acceptors (Lipinski definition) is 4. The summed E-state index contributed by atoms with van der Waals surface area (Å²) in [4.78, 5) is 13.5. The summed E-state index contributed by atoms with van der Waals surface area (Å²) < 4.78 is 46.1. The highest BCUT2D eigenvalue weighted by atomic mass is 19.2. The van der Waals surface area contributed by atoms with Crippen LogP contribution in [0.4, 0.5) is 18.0 Å². The van der Waals surface area contributed by atoms with Crippen molar-refractivity contribution in [3.8, 4) is 0 Å². The Balaban J connectivity index is 1.37. The lowest BCUT2D eigenvalue weighted by molar-refractivity contribution is 0.0924. The van der Waals surface area contributed by atoms with Crippen LogP contribution in [0.5, 0.6) is 0 Å². The first kappa shape index (κ1) is 16.9. The van der Waals surface area contributed by atoms with E-state index in [-0.39, 0.29) is 42.7 Å². The van der Waals surface area contributed by atoms with Crippen molar-refractivity contribution in [1.29, 1.82) is 0 Å². The number of nitrogens with one attached hydrogen (secondary N) is 1. The van der Waals surface area contributed by atoms with Gasteiger partial charge in [0.2, 0.25) is 0 Å². The molecule has 25 heavy (non-hydrogen) atoms. The maximum Gasteiger partial charge on any atom is 0.407 e. The summed E-state index contributed by atoms with van der Waals surface area (Å²) in [7, 11) is 0. The second-order valence-electron chi connectivity index (χ2n) is 7.54. The fraction of sp³-hybridized carbons (Fsp3) is 0.706. The molecule has 0 radical (unpaired) electrons. The molecule has 2 saturated heterocycles. The molecule has 3 N–H and O–H groups in total. The number of halogens is 3. The smallest absolute Gasteiger partial charge is 0.407 e. The van der Waals surface area contributed by atoms with E-state index in [1.807, 2.05) is 0 Å². The van der Waals surface area contributed by atoms with E-state index in [9.17, 15) is 18.0 Å². The van der Waals surface area contributed by atoms with Crippen LogP contribution in [-0.2, 0) is 4.74 Å². The molecule has 1 saturated carbocycles. The van der Waals surface area contributed by atoms with Crippen molar-refractivity contribution in [2.75, 3.05) is 13.1 Å². The van der Waals surface area contributed by atoms with Gasteiger partial charge in [0.1, 0.15) is 17.8 Å². The lowest BCUT2D eigenvalue weighted by Crippen LogP contribution is -2.48. The van der Waals surface area contributed by atoms with Gasteiger partial charge >= 0.3 is 6.09 Å². The Labute approximate surface area is 144 Å². The Kier molecular flexibility index (Phi) is 4.27. The SMILES string of the molecule is NC1C[C@@H](N2C[C@@H]3OC(=O)N[C@@H]3C2)CC[C@@H]1C1CC(F)=C(F)C=C1F. The van der Waals surface area contributed by atoms with Crippen molar-refractivity contribution in [2.24, 2.45) is 17.6 Å². The minimum Gasteiger partial charge on any atom is -0.443 e. The Bertz CT molecular complexity index is 623. The third-order valence-corrected chi connectivity index (χ3v) is 6.09. The fourth-order valence-corrected chi connectivity index (χ4v) is 4.77. The Morgan fingerprint density at radius 2 is 2.04 bits per heavy atom. The molecule has 2 aliphatic carbocycles. The Morgan fingerprint density at radius 3 is 2.76 bits per heavy atom. The summed E-state index contributed by atoms with van der Waals surface area (Å²) in [5.41, 5.74) is 6.29. The van der Waals surface area contributed by atoms with Crippen molar-refractivity contribution in [3.63, 3.8) is 0 Å². The molecule has 4 rings (SSSR count). The molecule has 0 bridgehead atoms. The molecule has 8 heteroatoms. The highest BCUT2D eigenvalue weighted by Crippen LogP contribution is 2.42. The molecule has 0 aromatic heterocycles. The molecular weight excluding hydrogens is 335 g/mol. The standard InChI is InChI=1S/C17H22F3N3O2/c18-11-5-13(20)12(19)4-10(11)9-2-1-8(3-14(9)21)23-6-15-16(7-23)25-17(24)22-15/h5,8-10,14-16H,1-4,6-7,21H2,(H,22,24)/t8-,9+,10?,14?,15+,16-/m0/s1. The zero-order valence-corrected chi connectivity index (χ0v) is 13.8. The highest BCUT2D eigenvalue weighted by molar-refractivity contribution is 5.70. The monoisotopic (exact) mass is 357 g/mol. The van der Waals surface area contributed by atoms with E-state index in [4.69, 9.17) is 10.5 Å². The number of hydrogen-bond donors (Lipinski definition) is 2. The molecule has 0 aromatic carbocycles. The number of carbonyl (C=O) groups is 1. The largest absolute Gasteiger partial charge is 0.443 e. The molecule has 2 heterocycles. The van der Waals surface area contributed by atoms with Crippen molar-refractivity contribution in [3.05, 3.63) is 23.6 Å². The number of fused-ring (bicyclic) bond motifs is 1. The maximum absolute atomic E-state index is 14.1. The number of allylic oxidation sites excluding steroid dienone is 4. The minimum absolute atomic E-state index is 0.0161. The van der Waals surface area contributed by atoms with Crippen molar-refractivity contribution >= 4 is 6.09 Å². The predicted octanol–water partition coefficient (Wildman–Crippen LogP) is 2.30. The number of ether oxygens (including phenoxy) is 1. The molecule has 4 aliphatic rings. The Hall–Kier alpha value is -1.54. The average molecular weight is 357 g/mol. The number of likely N-dealkylation sites (tertiary alicyclic amines) is 1. The van der Waals surface area contributed by atoms with Crippen LogP contribution < -0.4 is 11.1 Å². The van der Waals surface area contributed by atoms with Crippen LogP contribution in [0.1, 0.15) is 25.7 Å². The van der Waals surface area contributed by atoms with Crippen LogP contribution >= 0.6 is 0 Å². The van der Waals surface area contributed by atoms with Gasteiger partial charge in [0.05, 0.1) is 6.04 Å². The fourth-order valence-electron chi connectivity index (χ4n) is 4.77. The van der Waals surface area contributed by atoms with Crippen LogP contribution in [0.25, 0.3) is 0 Å². The third-order valence-electron chi connectivity index (χ3n) is 6.09. The second-order valence-corrected chi connectivity index (χ2v) is 7.54. The van der Waals surface area contributed by atoms with Crippen molar-refractivity contribution < 1.29 is 22.7 Å². The van der Waals surface area contributed by atoms with Gasteiger partial charge in [-0.05, 0) is 25.2 Å². The van der Waals surface area contributed by atoms with Crippen LogP contribution in [0.15, 0.2) is 23.6 Å². The summed E-state index contributed by atoms with van der Waals surface area (Å²) in [6.45, 7) is 1.39. The first-order chi connectivity index (χ1) is 11.9. The number of rotatable bonds is 2. The van der Waals surface area contributed by atoms with E-state index in [1.165, 1.54) is 0 Å². The molecule has 0 aromatic rings. The zero-order chi connectivity index (χ0) is 17.7. The van der Waals surface area contributed by atoms with Crippen LogP contribution in [-0.4, -0.2) is 48.3 Å². The average Bonchev–Trinajstić information content (AvgIpc) is 3.08. The molecule has 0 spiro atoms. The number of alkyl carbamates (subject to hydrolysis) is 1. The van der Waals surface area contributed by atoms with Gasteiger partial charge in [0, 0.05) is 43.6 Å². The zero-order valence-electron chi connectivity index (χ0n) is 13.8. The minimum atomic E-state index is -1.11. The van der Waals surface area contributed by atoms with E-state index in [2.05, 4.69) is 10.2 Å². The summed E-state index contributed by atoms with van der Waals surface area (Å²) >= 11 is 0. The van der Waals surface area contributed by atoms with E-state index < -0.39 is 23.4 Å². The van der Waals surface area contributed by atoms with Gasteiger partial charge in [-0.3, -0.25) is 4.90 Å². The van der Waals surface area contributed by atoms with Crippen molar-refractivity contribution in [2.45, 2.75) is 49.9 Å². The van der Waals surface area contributed by atoms with Gasteiger partial charge in [0.25, 0.3) is 0 Å². The number of nitrogens with two attached hydrogens (primary N) is 1. The van der Waals surface area contributed by atoms with Gasteiger partial charge in [-0.1, -0.05) is 0 Å². The molecule has 2 aliphatic heterocycles. The topological polar surface area (TPSA) is 67.6 Å². The molecule has 138 valence electrons. The molecule has 5 nitrogen and oxygen atoms in total. The van der Waals surface area contributed by atoms with Crippen molar-refractivity contribution in [1.82, 2.24) is 10.2 Å². The van der Waals surface area contributed by atoms with Gasteiger partial charge in [-0.15, -0.1) is 0 Å². The quantitative estimate of drug-likeness (QED) is 0.796. The summed E-state index contributed by atoms with van der Waals surface area (Å²) in [5, 5.41) is 2.80. The number of carbonyl (C=O) groups excluding carboxylic acids is 1. The van der Waals surface area contributed by atoms with E-state index in [0.717, 1.165) is 13.0 Å². The normalized spacial score (nSPS) is 42.1. The molecule has 6 atom stereocenters. The van der Waals surface area contributed by atoms with Gasteiger partial charge in [-0.2, -0.15) is 0 Å². The molecule has 3 fully saturated rings. The van der Waals surface area contributed by atoms with Gasteiger partial charge in [-0.25, -0.2) is 18.0 Å². The lowest BCUT2D eigenvalue weighted by Gasteiger charge is -2.41. The third kappa shape index (κ3) is 3.06. The first-order valence-corrected chi connectivity index (χ1v) is 8.80. The highest BCUT2D eigenvalue weighted by Gasteiger charge is 2.46. The van der Waals surface area contributed by atoms with E-state index >= 15 is 0 Å². The second kappa shape index (κ2) is 6.32.